The number of hydrogen-bond acceptors (Lipinski definition) is 3. The lowest BCUT2D eigenvalue weighted by atomic mass is 9.78. The predicted molar refractivity (Wildman–Crippen MR) is 90.6 cm³/mol. The number of benzene rings is 1. The van der Waals surface area contributed by atoms with Crippen LogP contribution in [0.25, 0.3) is 11.0 Å². The molecular weight excluding hydrogens is 290 g/mol. The van der Waals surface area contributed by atoms with E-state index >= 15 is 0 Å². The molecule has 1 aliphatic carbocycles. The van der Waals surface area contributed by atoms with E-state index in [1.54, 1.807) is 13.4 Å². The Balaban J connectivity index is 1.70. The minimum absolute atomic E-state index is 0.0779. The van der Waals surface area contributed by atoms with Gasteiger partial charge in [-0.2, -0.15) is 0 Å². The molecular formula is C19H25NO3. The van der Waals surface area contributed by atoms with E-state index in [1.807, 2.05) is 18.2 Å². The third-order valence-electron chi connectivity index (χ3n) is 5.09. The van der Waals surface area contributed by atoms with Crippen LogP contribution in [0.1, 0.15) is 38.7 Å². The number of rotatable bonds is 4. The van der Waals surface area contributed by atoms with Gasteiger partial charge < -0.3 is 14.5 Å². The molecule has 3 rings (SSSR count). The smallest absolute Gasteiger partial charge is 0.224 e. The van der Waals surface area contributed by atoms with Crippen LogP contribution in [0.3, 0.4) is 0 Å². The molecule has 1 heterocycles. The van der Waals surface area contributed by atoms with Gasteiger partial charge in [-0.1, -0.05) is 20.3 Å². The third-order valence-corrected chi connectivity index (χ3v) is 5.09. The zero-order valence-corrected chi connectivity index (χ0v) is 14.1. The largest absolute Gasteiger partial charge is 0.497 e. The van der Waals surface area contributed by atoms with Crippen LogP contribution in [0.15, 0.2) is 28.9 Å². The summed E-state index contributed by atoms with van der Waals surface area (Å²) in [6.45, 7) is 4.47. The Morgan fingerprint density at radius 3 is 2.74 bits per heavy atom. The van der Waals surface area contributed by atoms with Crippen molar-refractivity contribution in [3.63, 3.8) is 0 Å². The molecule has 1 N–H and O–H groups in total. The van der Waals surface area contributed by atoms with E-state index in [-0.39, 0.29) is 11.9 Å². The van der Waals surface area contributed by atoms with E-state index in [0.29, 0.717) is 18.3 Å². The van der Waals surface area contributed by atoms with Gasteiger partial charge in [0.2, 0.25) is 5.91 Å². The highest BCUT2D eigenvalue weighted by atomic mass is 16.5. The van der Waals surface area contributed by atoms with Gasteiger partial charge in [0.25, 0.3) is 0 Å². The maximum atomic E-state index is 12.5. The molecule has 1 fully saturated rings. The summed E-state index contributed by atoms with van der Waals surface area (Å²) in [5.74, 6) is 1.93. The molecule has 1 saturated carbocycles. The van der Waals surface area contributed by atoms with Crippen molar-refractivity contribution in [1.29, 1.82) is 0 Å². The van der Waals surface area contributed by atoms with E-state index in [2.05, 4.69) is 19.2 Å². The quantitative estimate of drug-likeness (QED) is 0.930. The van der Waals surface area contributed by atoms with Crippen LogP contribution in [-0.2, 0) is 11.2 Å². The van der Waals surface area contributed by atoms with Crippen molar-refractivity contribution in [3.05, 3.63) is 30.0 Å². The van der Waals surface area contributed by atoms with Gasteiger partial charge in [0.05, 0.1) is 19.8 Å². The zero-order chi connectivity index (χ0) is 16.4. The fourth-order valence-electron chi connectivity index (χ4n) is 3.70. The summed E-state index contributed by atoms with van der Waals surface area (Å²) < 4.78 is 10.8. The second-order valence-corrected chi connectivity index (χ2v) is 6.78. The maximum Gasteiger partial charge on any atom is 0.224 e. The maximum absolute atomic E-state index is 12.5. The van der Waals surface area contributed by atoms with E-state index in [4.69, 9.17) is 9.15 Å². The fraction of sp³-hybridized carbons (Fsp3) is 0.526. The van der Waals surface area contributed by atoms with Crippen LogP contribution in [-0.4, -0.2) is 19.1 Å². The third kappa shape index (κ3) is 3.36. The normalized spacial score (nSPS) is 24.6. The second-order valence-electron chi connectivity index (χ2n) is 6.78. The molecule has 0 radical (unpaired) electrons. The Kier molecular flexibility index (Phi) is 4.60. The van der Waals surface area contributed by atoms with Crippen LogP contribution in [0.4, 0.5) is 0 Å². The summed E-state index contributed by atoms with van der Waals surface area (Å²) in [7, 11) is 1.63. The van der Waals surface area contributed by atoms with E-state index < -0.39 is 0 Å². The van der Waals surface area contributed by atoms with Gasteiger partial charge in [-0.15, -0.1) is 0 Å². The van der Waals surface area contributed by atoms with Crippen molar-refractivity contribution < 1.29 is 13.9 Å². The number of ether oxygens (including phenoxy) is 1. The van der Waals surface area contributed by atoms with Crippen molar-refractivity contribution in [1.82, 2.24) is 5.32 Å². The Morgan fingerprint density at radius 2 is 2.04 bits per heavy atom. The molecule has 3 atom stereocenters. The SMILES string of the molecule is COc1ccc2c(CC(=O)NC3[C@H](C)CCC[C@@H]3C)coc2c1. The highest BCUT2D eigenvalue weighted by Crippen LogP contribution is 2.29. The van der Waals surface area contributed by atoms with Gasteiger partial charge in [-0.25, -0.2) is 0 Å². The molecule has 2 aromatic rings. The average Bonchev–Trinajstić information content (AvgIpc) is 2.93. The Morgan fingerprint density at radius 1 is 1.30 bits per heavy atom. The summed E-state index contributed by atoms with van der Waals surface area (Å²) in [4.78, 5) is 12.5. The lowest BCUT2D eigenvalue weighted by Crippen LogP contribution is -2.46. The number of fused-ring (bicyclic) bond motifs is 1. The standard InChI is InChI=1S/C19H25NO3/c1-12-5-4-6-13(2)19(12)20-18(21)9-14-11-23-17-10-15(22-3)7-8-16(14)17/h7-8,10-13,19H,4-6,9H2,1-3H3,(H,20,21)/t12-,13+,19?. The zero-order valence-electron chi connectivity index (χ0n) is 14.1. The summed E-state index contributed by atoms with van der Waals surface area (Å²) >= 11 is 0. The van der Waals surface area contributed by atoms with Crippen molar-refractivity contribution >= 4 is 16.9 Å². The van der Waals surface area contributed by atoms with Gasteiger partial charge in [-0.3, -0.25) is 4.79 Å². The van der Waals surface area contributed by atoms with Crippen LogP contribution in [0.2, 0.25) is 0 Å². The summed E-state index contributed by atoms with van der Waals surface area (Å²) in [6.07, 6.45) is 5.70. The number of furan rings is 1. The molecule has 23 heavy (non-hydrogen) atoms. The minimum Gasteiger partial charge on any atom is -0.497 e. The molecule has 1 unspecified atom stereocenters. The molecule has 0 saturated heterocycles. The number of nitrogens with one attached hydrogen (secondary N) is 1. The molecule has 4 heteroatoms. The molecule has 1 amide bonds. The number of hydrogen-bond donors (Lipinski definition) is 1. The van der Waals surface area contributed by atoms with Crippen molar-refractivity contribution in [2.75, 3.05) is 7.11 Å². The first-order valence-corrected chi connectivity index (χ1v) is 8.42. The molecule has 0 spiro atoms. The highest BCUT2D eigenvalue weighted by molar-refractivity contribution is 5.88. The van der Waals surface area contributed by atoms with Crippen LogP contribution < -0.4 is 10.1 Å². The topological polar surface area (TPSA) is 51.5 Å². The van der Waals surface area contributed by atoms with Gasteiger partial charge in [0.15, 0.2) is 0 Å². The molecule has 0 aliphatic heterocycles. The predicted octanol–water partition coefficient (Wildman–Crippen LogP) is 3.92. The lowest BCUT2D eigenvalue weighted by Gasteiger charge is -2.35. The molecule has 1 aliphatic rings. The van der Waals surface area contributed by atoms with E-state index in [9.17, 15) is 4.79 Å². The van der Waals surface area contributed by atoms with Crippen molar-refractivity contribution in [3.8, 4) is 5.75 Å². The Bertz CT molecular complexity index is 681. The Hall–Kier alpha value is -1.97. The van der Waals surface area contributed by atoms with Crippen molar-refractivity contribution in [2.24, 2.45) is 11.8 Å². The molecule has 1 aromatic carbocycles. The Labute approximate surface area is 137 Å². The van der Waals surface area contributed by atoms with Gasteiger partial charge in [0.1, 0.15) is 11.3 Å². The first-order valence-electron chi connectivity index (χ1n) is 8.42. The van der Waals surface area contributed by atoms with Gasteiger partial charge in [0, 0.05) is 23.1 Å². The average molecular weight is 315 g/mol. The van der Waals surface area contributed by atoms with Crippen molar-refractivity contribution in [2.45, 2.75) is 45.6 Å². The van der Waals surface area contributed by atoms with Gasteiger partial charge >= 0.3 is 0 Å². The molecule has 124 valence electrons. The fourth-order valence-corrected chi connectivity index (χ4v) is 3.70. The monoisotopic (exact) mass is 315 g/mol. The summed E-state index contributed by atoms with van der Waals surface area (Å²) in [6, 6.07) is 5.98. The molecule has 1 aromatic heterocycles. The lowest BCUT2D eigenvalue weighted by molar-refractivity contribution is -0.122. The van der Waals surface area contributed by atoms with Crippen LogP contribution in [0, 0.1) is 11.8 Å². The number of carbonyl (C=O) groups is 1. The molecule has 0 bridgehead atoms. The van der Waals surface area contributed by atoms with E-state index in [1.165, 1.54) is 19.3 Å². The number of methoxy groups -OCH3 is 1. The number of amides is 1. The minimum atomic E-state index is 0.0779. The van der Waals surface area contributed by atoms with Crippen LogP contribution in [0.5, 0.6) is 5.75 Å². The molecule has 4 nitrogen and oxygen atoms in total. The first-order chi connectivity index (χ1) is 11.1. The summed E-state index contributed by atoms with van der Waals surface area (Å²) in [5.41, 5.74) is 1.68. The van der Waals surface area contributed by atoms with Gasteiger partial charge in [-0.05, 0) is 36.8 Å². The first kappa shape index (κ1) is 15.9. The highest BCUT2D eigenvalue weighted by Gasteiger charge is 2.29. The van der Waals surface area contributed by atoms with E-state index in [0.717, 1.165) is 22.3 Å². The number of carbonyl (C=O) groups excluding carboxylic acids is 1. The second kappa shape index (κ2) is 6.65. The summed E-state index contributed by atoms with van der Waals surface area (Å²) in [5, 5.41) is 4.22. The van der Waals surface area contributed by atoms with Crippen LogP contribution >= 0.6 is 0 Å².